The van der Waals surface area contributed by atoms with Crippen molar-refractivity contribution in [3.8, 4) is 0 Å². The number of hydrogen-bond donors (Lipinski definition) is 2. The van der Waals surface area contributed by atoms with Crippen LogP contribution in [0.25, 0.3) is 0 Å². The second-order valence-corrected chi connectivity index (χ2v) is 5.28. The first kappa shape index (κ1) is 13.6. The van der Waals surface area contributed by atoms with Crippen molar-refractivity contribution < 1.29 is 19.7 Å². The van der Waals surface area contributed by atoms with E-state index in [0.717, 1.165) is 25.7 Å². The molecule has 0 aromatic carbocycles. The van der Waals surface area contributed by atoms with Gasteiger partial charge in [-0.05, 0) is 38.0 Å². The van der Waals surface area contributed by atoms with Crippen molar-refractivity contribution in [1.29, 1.82) is 0 Å². The van der Waals surface area contributed by atoms with E-state index in [4.69, 9.17) is 9.84 Å². The Hall–Kier alpha value is -0.870. The highest BCUT2D eigenvalue weighted by atomic mass is 16.5. The molecule has 4 heteroatoms. The topological polar surface area (TPSA) is 66.8 Å². The number of carbonyl (C=O) groups is 1. The number of fused-ring (bicyclic) bond motifs is 2. The summed E-state index contributed by atoms with van der Waals surface area (Å²) in [4.78, 5) is 10.3. The predicted molar refractivity (Wildman–Crippen MR) is 67.2 cm³/mol. The van der Waals surface area contributed by atoms with E-state index >= 15 is 0 Å². The SMILES string of the molecule is O=C(O)CC/C=C\CC[C@H]1[C@@H](CO)[C@H]2CC[C@@H]1O2. The highest BCUT2D eigenvalue weighted by molar-refractivity contribution is 5.66. The van der Waals surface area contributed by atoms with E-state index in [2.05, 4.69) is 6.08 Å². The lowest BCUT2D eigenvalue weighted by atomic mass is 9.77. The van der Waals surface area contributed by atoms with E-state index in [9.17, 15) is 9.90 Å². The Morgan fingerprint density at radius 1 is 1.17 bits per heavy atom. The molecule has 0 aromatic heterocycles. The summed E-state index contributed by atoms with van der Waals surface area (Å²) in [5.41, 5.74) is 0. The summed E-state index contributed by atoms with van der Waals surface area (Å²) in [5, 5.41) is 17.9. The molecule has 4 atom stereocenters. The number of rotatable bonds is 7. The summed E-state index contributed by atoms with van der Waals surface area (Å²) in [6.07, 6.45) is 9.65. The summed E-state index contributed by atoms with van der Waals surface area (Å²) in [6, 6.07) is 0. The van der Waals surface area contributed by atoms with E-state index < -0.39 is 5.97 Å². The number of hydrogen-bond acceptors (Lipinski definition) is 3. The summed E-state index contributed by atoms with van der Waals surface area (Å²) in [6.45, 7) is 0.231. The molecule has 2 fully saturated rings. The van der Waals surface area contributed by atoms with Gasteiger partial charge in [0, 0.05) is 18.9 Å². The Balaban J connectivity index is 1.68. The van der Waals surface area contributed by atoms with Gasteiger partial charge in [-0.15, -0.1) is 0 Å². The fourth-order valence-corrected chi connectivity index (χ4v) is 3.25. The van der Waals surface area contributed by atoms with Gasteiger partial charge in [-0.25, -0.2) is 0 Å². The van der Waals surface area contributed by atoms with Gasteiger partial charge >= 0.3 is 5.97 Å². The van der Waals surface area contributed by atoms with Gasteiger partial charge in [0.25, 0.3) is 0 Å². The van der Waals surface area contributed by atoms with Crippen molar-refractivity contribution in [1.82, 2.24) is 0 Å². The molecule has 2 rings (SSSR count). The van der Waals surface area contributed by atoms with Crippen molar-refractivity contribution in [2.75, 3.05) is 6.61 Å². The summed E-state index contributed by atoms with van der Waals surface area (Å²) < 4.78 is 5.84. The Labute approximate surface area is 108 Å². The van der Waals surface area contributed by atoms with Gasteiger partial charge in [0.2, 0.25) is 0 Å². The molecule has 0 spiro atoms. The number of carboxylic acids is 1. The molecule has 2 bridgehead atoms. The zero-order valence-corrected chi connectivity index (χ0v) is 10.6. The number of aliphatic hydroxyl groups is 1. The van der Waals surface area contributed by atoms with Crippen LogP contribution >= 0.6 is 0 Å². The van der Waals surface area contributed by atoms with Crippen LogP contribution < -0.4 is 0 Å². The van der Waals surface area contributed by atoms with Crippen LogP contribution in [0.5, 0.6) is 0 Å². The second kappa shape index (κ2) is 6.34. The van der Waals surface area contributed by atoms with Crippen molar-refractivity contribution in [3.05, 3.63) is 12.2 Å². The van der Waals surface area contributed by atoms with Gasteiger partial charge in [-0.1, -0.05) is 12.2 Å². The van der Waals surface area contributed by atoms with Crippen molar-refractivity contribution >= 4 is 5.97 Å². The molecular weight excluding hydrogens is 232 g/mol. The molecule has 2 heterocycles. The van der Waals surface area contributed by atoms with Gasteiger partial charge in [0.1, 0.15) is 0 Å². The molecule has 102 valence electrons. The fraction of sp³-hybridized carbons (Fsp3) is 0.786. The number of carboxylic acid groups (broad SMARTS) is 1. The van der Waals surface area contributed by atoms with E-state index in [1.54, 1.807) is 0 Å². The van der Waals surface area contributed by atoms with Crippen molar-refractivity contribution in [3.63, 3.8) is 0 Å². The average molecular weight is 254 g/mol. The van der Waals surface area contributed by atoms with Gasteiger partial charge in [0.15, 0.2) is 0 Å². The first-order chi connectivity index (χ1) is 8.72. The molecule has 2 aliphatic heterocycles. The van der Waals surface area contributed by atoms with Crippen LogP contribution in [0.15, 0.2) is 12.2 Å². The van der Waals surface area contributed by atoms with Gasteiger partial charge < -0.3 is 14.9 Å². The first-order valence-electron chi connectivity index (χ1n) is 6.85. The van der Waals surface area contributed by atoms with E-state index in [1.165, 1.54) is 0 Å². The third-order valence-electron chi connectivity index (χ3n) is 4.16. The average Bonchev–Trinajstić information content (AvgIpc) is 2.93. The minimum absolute atomic E-state index is 0.201. The highest BCUT2D eigenvalue weighted by Crippen LogP contribution is 2.45. The minimum Gasteiger partial charge on any atom is -0.481 e. The largest absolute Gasteiger partial charge is 0.481 e. The second-order valence-electron chi connectivity index (χ2n) is 5.28. The van der Waals surface area contributed by atoms with Crippen LogP contribution in [0.4, 0.5) is 0 Å². The van der Waals surface area contributed by atoms with Gasteiger partial charge in [0.05, 0.1) is 12.2 Å². The maximum Gasteiger partial charge on any atom is 0.303 e. The lowest BCUT2D eigenvalue weighted by Gasteiger charge is -2.25. The molecule has 0 radical (unpaired) electrons. The molecule has 4 nitrogen and oxygen atoms in total. The molecule has 2 N–H and O–H groups in total. The zero-order valence-electron chi connectivity index (χ0n) is 10.6. The molecule has 2 aliphatic rings. The lowest BCUT2D eigenvalue weighted by molar-refractivity contribution is -0.136. The smallest absolute Gasteiger partial charge is 0.303 e. The summed E-state index contributed by atoms with van der Waals surface area (Å²) in [7, 11) is 0. The first-order valence-corrected chi connectivity index (χ1v) is 6.85. The van der Waals surface area contributed by atoms with Crippen molar-refractivity contribution in [2.45, 2.75) is 50.7 Å². The monoisotopic (exact) mass is 254 g/mol. The van der Waals surface area contributed by atoms with Crippen LogP contribution in [-0.4, -0.2) is 35.0 Å². The van der Waals surface area contributed by atoms with Crippen LogP contribution in [0.1, 0.15) is 38.5 Å². The lowest BCUT2D eigenvalue weighted by Crippen LogP contribution is -2.29. The third-order valence-corrected chi connectivity index (χ3v) is 4.16. The standard InChI is InChI=1S/C14H22O4/c15-9-11-10(12-7-8-13(11)18-12)5-3-1-2-4-6-14(16)17/h1-2,10-13,15H,3-9H2,(H,16,17)/b2-1-/t10-,11+,12-,13+/m0/s1. The van der Waals surface area contributed by atoms with E-state index in [1.807, 2.05) is 6.08 Å². The van der Waals surface area contributed by atoms with E-state index in [0.29, 0.717) is 24.4 Å². The number of ether oxygens (including phenoxy) is 1. The maximum absolute atomic E-state index is 10.3. The quantitative estimate of drug-likeness (QED) is 0.682. The minimum atomic E-state index is -0.749. The van der Waals surface area contributed by atoms with Crippen molar-refractivity contribution in [2.24, 2.45) is 11.8 Å². The molecule has 0 aliphatic carbocycles. The maximum atomic E-state index is 10.3. The summed E-state index contributed by atoms with van der Waals surface area (Å²) >= 11 is 0. The molecule has 18 heavy (non-hydrogen) atoms. The zero-order chi connectivity index (χ0) is 13.0. The van der Waals surface area contributed by atoms with E-state index in [-0.39, 0.29) is 19.1 Å². The molecule has 0 saturated carbocycles. The van der Waals surface area contributed by atoms with Gasteiger partial charge in [-0.3, -0.25) is 4.79 Å². The number of aliphatic carboxylic acids is 1. The van der Waals surface area contributed by atoms with Crippen LogP contribution in [0.2, 0.25) is 0 Å². The predicted octanol–water partition coefficient (Wildman–Crippen LogP) is 1.97. The number of aliphatic hydroxyl groups excluding tert-OH is 1. The Morgan fingerprint density at radius 3 is 2.50 bits per heavy atom. The summed E-state index contributed by atoms with van der Waals surface area (Å²) in [5.74, 6) is 0.0514. The molecule has 0 aromatic rings. The highest BCUT2D eigenvalue weighted by Gasteiger charge is 2.47. The Bertz CT molecular complexity index is 313. The van der Waals surface area contributed by atoms with Crippen LogP contribution in [0, 0.1) is 11.8 Å². The normalized spacial score (nSPS) is 34.5. The Kier molecular flexibility index (Phi) is 4.78. The van der Waals surface area contributed by atoms with Gasteiger partial charge in [-0.2, -0.15) is 0 Å². The molecular formula is C14H22O4. The molecule has 0 unspecified atom stereocenters. The molecule has 0 amide bonds. The van der Waals surface area contributed by atoms with Crippen LogP contribution in [0.3, 0.4) is 0 Å². The molecule has 2 saturated heterocycles. The fourth-order valence-electron chi connectivity index (χ4n) is 3.25. The number of allylic oxidation sites excluding steroid dienone is 2. The van der Waals surface area contributed by atoms with Crippen LogP contribution in [-0.2, 0) is 9.53 Å². The third kappa shape index (κ3) is 3.12. The Morgan fingerprint density at radius 2 is 1.83 bits per heavy atom.